The van der Waals surface area contributed by atoms with Crippen LogP contribution in [-0.2, 0) is 4.79 Å². The fourth-order valence-corrected chi connectivity index (χ4v) is 3.45. The Kier molecular flexibility index (Phi) is 5.87. The fraction of sp³-hybridized carbons (Fsp3) is 0.200. The van der Waals surface area contributed by atoms with E-state index in [4.69, 9.17) is 21.1 Å². The second-order valence-electron chi connectivity index (χ2n) is 5.81. The van der Waals surface area contributed by atoms with Gasteiger partial charge in [-0.2, -0.15) is 10.1 Å². The monoisotopic (exact) mass is 448 g/mol. The summed E-state index contributed by atoms with van der Waals surface area (Å²) in [4.78, 5) is 12.9. The van der Waals surface area contributed by atoms with Crippen LogP contribution < -0.4 is 14.5 Å². The van der Waals surface area contributed by atoms with E-state index in [1.807, 2.05) is 31.2 Å². The Morgan fingerprint density at radius 1 is 1.30 bits per heavy atom. The van der Waals surface area contributed by atoms with Crippen LogP contribution in [0.25, 0.3) is 6.08 Å². The largest absolute Gasteiger partial charge is 0.491 e. The Morgan fingerprint density at radius 2 is 2.07 bits per heavy atom. The summed E-state index contributed by atoms with van der Waals surface area (Å²) < 4.78 is 11.8. The fourth-order valence-electron chi connectivity index (χ4n) is 2.77. The molecule has 0 unspecified atom stereocenters. The van der Waals surface area contributed by atoms with E-state index in [0.717, 1.165) is 10.0 Å². The van der Waals surface area contributed by atoms with Gasteiger partial charge in [0.25, 0.3) is 5.91 Å². The van der Waals surface area contributed by atoms with Crippen molar-refractivity contribution in [1.29, 1.82) is 0 Å². The quantitative estimate of drug-likeness (QED) is 0.581. The second-order valence-corrected chi connectivity index (χ2v) is 7.13. The average molecular weight is 450 g/mol. The van der Waals surface area contributed by atoms with Gasteiger partial charge in [0, 0.05) is 4.47 Å². The van der Waals surface area contributed by atoms with Crippen molar-refractivity contribution in [3.63, 3.8) is 0 Å². The van der Waals surface area contributed by atoms with Crippen molar-refractivity contribution in [2.45, 2.75) is 13.8 Å². The van der Waals surface area contributed by atoms with Crippen molar-refractivity contribution >= 4 is 50.9 Å². The maximum atomic E-state index is 12.9. The molecule has 0 aromatic heterocycles. The number of benzene rings is 2. The van der Waals surface area contributed by atoms with Crippen LogP contribution in [0, 0.1) is 0 Å². The van der Waals surface area contributed by atoms with E-state index >= 15 is 0 Å². The first kappa shape index (κ1) is 19.5. The van der Waals surface area contributed by atoms with Gasteiger partial charge in [-0.05, 0) is 55.8 Å². The normalized spacial score (nSPS) is 15.3. The first-order valence-corrected chi connectivity index (χ1v) is 9.49. The van der Waals surface area contributed by atoms with E-state index in [-0.39, 0.29) is 5.91 Å². The highest BCUT2D eigenvalue weighted by molar-refractivity contribution is 9.10. The van der Waals surface area contributed by atoms with Crippen molar-refractivity contribution < 1.29 is 14.3 Å². The number of hydrazone groups is 1. The number of halogens is 2. The highest BCUT2D eigenvalue weighted by atomic mass is 79.9. The van der Waals surface area contributed by atoms with Crippen molar-refractivity contribution in [1.82, 2.24) is 0 Å². The Hall–Kier alpha value is -2.31. The number of carbonyl (C=O) groups is 1. The lowest BCUT2D eigenvalue weighted by Gasteiger charge is -2.13. The highest BCUT2D eigenvalue weighted by Crippen LogP contribution is 2.37. The van der Waals surface area contributed by atoms with Crippen LogP contribution in [0.5, 0.6) is 11.5 Å². The number of rotatable bonds is 5. The first-order chi connectivity index (χ1) is 12.9. The summed E-state index contributed by atoms with van der Waals surface area (Å²) >= 11 is 9.72. The minimum Gasteiger partial charge on any atom is -0.491 e. The van der Waals surface area contributed by atoms with E-state index in [1.165, 1.54) is 12.1 Å². The molecule has 140 valence electrons. The van der Waals surface area contributed by atoms with Crippen LogP contribution in [0.3, 0.4) is 0 Å². The molecule has 2 aromatic rings. The van der Waals surface area contributed by atoms with E-state index in [2.05, 4.69) is 21.0 Å². The summed E-state index contributed by atoms with van der Waals surface area (Å²) in [5, 5.41) is 6.20. The molecule has 2 aromatic carbocycles. The molecular formula is C20H18BrClN2O3. The van der Waals surface area contributed by atoms with Gasteiger partial charge < -0.3 is 9.47 Å². The van der Waals surface area contributed by atoms with Gasteiger partial charge in [0.2, 0.25) is 0 Å². The SMILES string of the molecule is CCOc1cc(C=C2C(=O)N(c3cccc(Br)c3)N=C2C)cc(Cl)c1OC. The molecule has 1 aliphatic rings. The number of anilines is 1. The van der Waals surface area contributed by atoms with E-state index in [0.29, 0.717) is 40.1 Å². The molecule has 7 heteroatoms. The summed E-state index contributed by atoms with van der Waals surface area (Å²) in [7, 11) is 1.54. The zero-order valence-corrected chi connectivity index (χ0v) is 17.5. The van der Waals surface area contributed by atoms with Gasteiger partial charge in [0.05, 0.1) is 35.7 Å². The first-order valence-electron chi connectivity index (χ1n) is 8.32. The summed E-state index contributed by atoms with van der Waals surface area (Å²) in [5.41, 5.74) is 2.56. The molecule has 5 nitrogen and oxygen atoms in total. The molecule has 0 bridgehead atoms. The Bertz CT molecular complexity index is 956. The molecule has 1 aliphatic heterocycles. The van der Waals surface area contributed by atoms with Gasteiger partial charge in [0.15, 0.2) is 11.5 Å². The minimum absolute atomic E-state index is 0.199. The number of methoxy groups -OCH3 is 1. The van der Waals surface area contributed by atoms with Gasteiger partial charge >= 0.3 is 0 Å². The highest BCUT2D eigenvalue weighted by Gasteiger charge is 2.29. The van der Waals surface area contributed by atoms with Gasteiger partial charge in [-0.3, -0.25) is 4.79 Å². The van der Waals surface area contributed by atoms with E-state index < -0.39 is 0 Å². The summed E-state index contributed by atoms with van der Waals surface area (Å²) in [6, 6.07) is 11.0. The molecule has 0 aliphatic carbocycles. The van der Waals surface area contributed by atoms with Crippen molar-refractivity contribution in [2.24, 2.45) is 5.10 Å². The molecule has 3 rings (SSSR count). The summed E-state index contributed by atoms with van der Waals surface area (Å²) in [6.07, 6.45) is 1.76. The number of nitrogens with zero attached hydrogens (tertiary/aromatic N) is 2. The molecule has 0 radical (unpaired) electrons. The third-order valence-electron chi connectivity index (χ3n) is 3.96. The summed E-state index contributed by atoms with van der Waals surface area (Å²) in [5.74, 6) is 0.804. The number of hydrogen-bond donors (Lipinski definition) is 0. The van der Waals surface area contributed by atoms with Crippen LogP contribution in [0.15, 0.2) is 51.5 Å². The smallest absolute Gasteiger partial charge is 0.280 e. The molecule has 0 saturated heterocycles. The molecule has 0 spiro atoms. The van der Waals surface area contributed by atoms with Crippen molar-refractivity contribution in [3.05, 3.63) is 57.0 Å². The molecule has 1 amide bonds. The topological polar surface area (TPSA) is 51.1 Å². The third-order valence-corrected chi connectivity index (χ3v) is 4.74. The lowest BCUT2D eigenvalue weighted by atomic mass is 10.1. The number of carbonyl (C=O) groups excluding carboxylic acids is 1. The lowest BCUT2D eigenvalue weighted by Crippen LogP contribution is -2.21. The molecule has 0 N–H and O–H groups in total. The van der Waals surface area contributed by atoms with Crippen LogP contribution in [0.1, 0.15) is 19.4 Å². The van der Waals surface area contributed by atoms with Gasteiger partial charge in [0.1, 0.15) is 0 Å². The molecule has 0 atom stereocenters. The standard InChI is InChI=1S/C20H18BrClN2O3/c1-4-27-18-10-13(9-17(22)19(18)26-3)8-16-12(2)23-24(20(16)25)15-7-5-6-14(21)11-15/h5-11H,4H2,1-3H3. The zero-order valence-electron chi connectivity index (χ0n) is 15.1. The Morgan fingerprint density at radius 3 is 2.74 bits per heavy atom. The van der Waals surface area contributed by atoms with Crippen molar-refractivity contribution in [2.75, 3.05) is 18.7 Å². The van der Waals surface area contributed by atoms with Crippen LogP contribution in [-0.4, -0.2) is 25.3 Å². The molecule has 0 fully saturated rings. The van der Waals surface area contributed by atoms with E-state index in [9.17, 15) is 4.79 Å². The average Bonchev–Trinajstić information content (AvgIpc) is 2.90. The van der Waals surface area contributed by atoms with Gasteiger partial charge in [-0.15, -0.1) is 0 Å². The van der Waals surface area contributed by atoms with Gasteiger partial charge in [-0.25, -0.2) is 0 Å². The third kappa shape index (κ3) is 4.01. The zero-order chi connectivity index (χ0) is 19.6. The Labute approximate surface area is 171 Å². The number of ether oxygens (including phenoxy) is 2. The number of hydrogen-bond acceptors (Lipinski definition) is 4. The Balaban J connectivity index is 1.98. The lowest BCUT2D eigenvalue weighted by molar-refractivity contribution is -0.114. The predicted octanol–water partition coefficient (Wildman–Crippen LogP) is 5.32. The second kappa shape index (κ2) is 8.15. The van der Waals surface area contributed by atoms with Crippen LogP contribution in [0.4, 0.5) is 5.69 Å². The van der Waals surface area contributed by atoms with Crippen LogP contribution >= 0.6 is 27.5 Å². The molecular weight excluding hydrogens is 432 g/mol. The predicted molar refractivity (Wildman–Crippen MR) is 112 cm³/mol. The minimum atomic E-state index is -0.199. The maximum absolute atomic E-state index is 12.9. The molecule has 0 saturated carbocycles. The molecule has 1 heterocycles. The maximum Gasteiger partial charge on any atom is 0.280 e. The van der Waals surface area contributed by atoms with Crippen LogP contribution in [0.2, 0.25) is 5.02 Å². The summed E-state index contributed by atoms with van der Waals surface area (Å²) in [6.45, 7) is 4.16. The van der Waals surface area contributed by atoms with E-state index in [1.54, 1.807) is 25.1 Å². The molecule has 27 heavy (non-hydrogen) atoms. The van der Waals surface area contributed by atoms with Crippen molar-refractivity contribution in [3.8, 4) is 11.5 Å². The number of amides is 1. The van der Waals surface area contributed by atoms with Gasteiger partial charge in [-0.1, -0.05) is 33.6 Å².